The number of benzene rings is 2. The zero-order chi connectivity index (χ0) is 19.4. The van der Waals surface area contributed by atoms with E-state index in [0.717, 1.165) is 6.07 Å². The summed E-state index contributed by atoms with van der Waals surface area (Å²) < 4.78 is 35.7. The summed E-state index contributed by atoms with van der Waals surface area (Å²) in [4.78, 5) is 20.9. The monoisotopic (exact) mass is 407 g/mol. The van der Waals surface area contributed by atoms with Crippen LogP contribution in [-0.2, 0) is 17.7 Å². The van der Waals surface area contributed by atoms with Crippen LogP contribution in [0.2, 0.25) is 5.02 Å². The molecule has 140 valence electrons. The minimum absolute atomic E-state index is 0.0709. The van der Waals surface area contributed by atoms with Crippen molar-refractivity contribution in [1.29, 1.82) is 0 Å². The highest BCUT2D eigenvalue weighted by molar-refractivity contribution is 7.77. The highest BCUT2D eigenvalue weighted by atomic mass is 35.5. The third-order valence-electron chi connectivity index (χ3n) is 3.97. The fourth-order valence-electron chi connectivity index (χ4n) is 2.71. The third-order valence-corrected chi connectivity index (χ3v) is 4.87. The van der Waals surface area contributed by atoms with Crippen LogP contribution < -0.4 is 4.72 Å². The molecule has 3 rings (SSSR count). The van der Waals surface area contributed by atoms with E-state index in [-0.39, 0.29) is 17.1 Å². The van der Waals surface area contributed by atoms with Gasteiger partial charge in [0.05, 0.1) is 10.5 Å². The molecule has 0 radical (unpaired) electrons. The molecule has 0 saturated heterocycles. The summed E-state index contributed by atoms with van der Waals surface area (Å²) in [6.07, 6.45) is 3.82. The second kappa shape index (κ2) is 8.62. The van der Waals surface area contributed by atoms with Crippen LogP contribution in [-0.4, -0.2) is 31.1 Å². The van der Waals surface area contributed by atoms with Gasteiger partial charge >= 0.3 is 0 Å². The van der Waals surface area contributed by atoms with Gasteiger partial charge in [0.1, 0.15) is 12.1 Å². The predicted octanol–water partition coefficient (Wildman–Crippen LogP) is 3.31. The van der Waals surface area contributed by atoms with Crippen LogP contribution in [0.5, 0.6) is 0 Å². The Bertz CT molecular complexity index is 1030. The molecule has 1 aromatic heterocycles. The smallest absolute Gasteiger partial charge is 0.231 e. The molecular weight excluding hydrogens is 393 g/mol. The molecule has 0 spiro atoms. The van der Waals surface area contributed by atoms with Crippen molar-refractivity contribution in [3.05, 3.63) is 70.4 Å². The Labute approximate surface area is 162 Å². The molecule has 2 aromatic carbocycles. The fraction of sp³-hybridized carbons (Fsp3) is 0.167. The van der Waals surface area contributed by atoms with Gasteiger partial charge in [-0.05, 0) is 48.7 Å². The van der Waals surface area contributed by atoms with E-state index >= 15 is 0 Å². The number of carbonyl (C=O) groups excluding carboxylic acids is 1. The highest BCUT2D eigenvalue weighted by Crippen LogP contribution is 2.27. The normalized spacial score (nSPS) is 12.3. The van der Waals surface area contributed by atoms with Crippen molar-refractivity contribution < 1.29 is 17.9 Å². The molecule has 27 heavy (non-hydrogen) atoms. The summed E-state index contributed by atoms with van der Waals surface area (Å²) in [5, 5.41) is 0.870. The number of aryl methyl sites for hydroxylation is 1. The second-order valence-electron chi connectivity index (χ2n) is 5.80. The fourth-order valence-corrected chi connectivity index (χ4v) is 3.32. The van der Waals surface area contributed by atoms with Crippen LogP contribution in [0.15, 0.2) is 42.9 Å². The average molecular weight is 408 g/mol. The molecule has 2 N–H and O–H groups in total. The Morgan fingerprint density at radius 2 is 2.11 bits per heavy atom. The lowest BCUT2D eigenvalue weighted by molar-refractivity contribution is 0.103. The average Bonchev–Trinajstić information content (AvgIpc) is 2.66. The summed E-state index contributed by atoms with van der Waals surface area (Å²) in [7, 11) is 0. The molecule has 1 unspecified atom stereocenters. The van der Waals surface area contributed by atoms with E-state index in [1.807, 2.05) is 0 Å². The van der Waals surface area contributed by atoms with Gasteiger partial charge in [-0.1, -0.05) is 11.6 Å². The summed E-state index contributed by atoms with van der Waals surface area (Å²) >= 11 is 4.24. The first-order valence-corrected chi connectivity index (χ1v) is 9.51. The molecule has 0 bridgehead atoms. The van der Waals surface area contributed by atoms with Crippen LogP contribution in [0.4, 0.5) is 4.39 Å². The molecular formula is C18H15ClFN3O3S. The first-order chi connectivity index (χ1) is 13.0. The lowest BCUT2D eigenvalue weighted by Crippen LogP contribution is -2.18. The van der Waals surface area contributed by atoms with Crippen LogP contribution >= 0.6 is 11.6 Å². The maximum Gasteiger partial charge on any atom is 0.231 e. The summed E-state index contributed by atoms with van der Waals surface area (Å²) in [6.45, 7) is 0.254. The Hall–Kier alpha value is -2.26. The number of rotatable bonds is 7. The van der Waals surface area contributed by atoms with Crippen LogP contribution in [0.25, 0.3) is 10.9 Å². The number of fused-ring (bicyclic) bond motifs is 1. The molecule has 0 saturated carbocycles. The van der Waals surface area contributed by atoms with Gasteiger partial charge in [-0.2, -0.15) is 0 Å². The van der Waals surface area contributed by atoms with Crippen molar-refractivity contribution in [2.45, 2.75) is 12.8 Å². The maximum absolute atomic E-state index is 14.0. The molecule has 6 nitrogen and oxygen atoms in total. The summed E-state index contributed by atoms with van der Waals surface area (Å²) in [5.41, 5.74) is 1.59. The minimum Gasteiger partial charge on any atom is -0.294 e. The molecule has 1 heterocycles. The van der Waals surface area contributed by atoms with E-state index < -0.39 is 22.9 Å². The van der Waals surface area contributed by atoms with Gasteiger partial charge < -0.3 is 0 Å². The molecule has 0 aliphatic rings. The van der Waals surface area contributed by atoms with Crippen LogP contribution in [0.3, 0.4) is 0 Å². The van der Waals surface area contributed by atoms with Gasteiger partial charge in [0, 0.05) is 29.3 Å². The maximum atomic E-state index is 14.0. The standard InChI is InChI=1S/C18H15ClFN3O3S/c19-17-11(2-1-5-23-27(25)26)7-14(20)8-15(17)18(24)12-3-4-16-13(6-12)9-21-10-22-16/h3-4,6-10,23H,1-2,5H2,(H,25,26). The topological polar surface area (TPSA) is 92.2 Å². The van der Waals surface area contributed by atoms with E-state index in [9.17, 15) is 13.4 Å². The van der Waals surface area contributed by atoms with Gasteiger partial charge in [0.2, 0.25) is 11.3 Å². The van der Waals surface area contributed by atoms with Crippen molar-refractivity contribution in [2.75, 3.05) is 6.54 Å². The lowest BCUT2D eigenvalue weighted by Gasteiger charge is -2.10. The van der Waals surface area contributed by atoms with Gasteiger partial charge in [-0.25, -0.2) is 23.3 Å². The number of halogens is 2. The molecule has 9 heteroatoms. The van der Waals surface area contributed by atoms with Crippen molar-refractivity contribution in [3.63, 3.8) is 0 Å². The largest absolute Gasteiger partial charge is 0.294 e. The third kappa shape index (κ3) is 4.72. The lowest BCUT2D eigenvalue weighted by atomic mass is 9.98. The first kappa shape index (κ1) is 19.5. The Kier molecular flexibility index (Phi) is 6.22. The number of aromatic nitrogens is 2. The molecule has 1 atom stereocenters. The minimum atomic E-state index is -2.10. The zero-order valence-corrected chi connectivity index (χ0v) is 15.6. The van der Waals surface area contributed by atoms with Crippen molar-refractivity contribution in [1.82, 2.24) is 14.7 Å². The first-order valence-electron chi connectivity index (χ1n) is 8.02. The Balaban J connectivity index is 1.88. The highest BCUT2D eigenvalue weighted by Gasteiger charge is 2.18. The van der Waals surface area contributed by atoms with Gasteiger partial charge in [0.15, 0.2) is 5.78 Å². The molecule has 0 amide bonds. The van der Waals surface area contributed by atoms with E-state index in [4.69, 9.17) is 16.2 Å². The van der Waals surface area contributed by atoms with Gasteiger partial charge in [-0.15, -0.1) is 0 Å². The SMILES string of the molecule is O=C(c1ccc2ncncc2c1)c1cc(F)cc(CCCNS(=O)O)c1Cl. The number of nitrogens with one attached hydrogen (secondary N) is 1. The quantitative estimate of drug-likeness (QED) is 0.356. The Morgan fingerprint density at radius 1 is 1.30 bits per heavy atom. The number of hydrogen-bond donors (Lipinski definition) is 2. The number of hydrogen-bond acceptors (Lipinski definition) is 4. The van der Waals surface area contributed by atoms with Crippen LogP contribution in [0, 0.1) is 5.82 Å². The van der Waals surface area contributed by atoms with Crippen molar-refractivity contribution >= 4 is 39.6 Å². The number of carbonyl (C=O) groups is 1. The zero-order valence-electron chi connectivity index (χ0n) is 14.0. The van der Waals surface area contributed by atoms with Gasteiger partial charge in [-0.3, -0.25) is 9.35 Å². The number of nitrogens with zero attached hydrogens (tertiary/aromatic N) is 2. The van der Waals surface area contributed by atoms with Crippen molar-refractivity contribution in [3.8, 4) is 0 Å². The van der Waals surface area contributed by atoms with Crippen molar-refractivity contribution in [2.24, 2.45) is 0 Å². The second-order valence-corrected chi connectivity index (χ2v) is 6.96. The molecule has 0 aliphatic carbocycles. The molecule has 3 aromatic rings. The van der Waals surface area contributed by atoms with Crippen LogP contribution in [0.1, 0.15) is 27.9 Å². The van der Waals surface area contributed by atoms with E-state index in [2.05, 4.69) is 14.7 Å². The molecule has 0 fully saturated rings. The Morgan fingerprint density at radius 3 is 2.89 bits per heavy atom. The predicted molar refractivity (Wildman–Crippen MR) is 101 cm³/mol. The van der Waals surface area contributed by atoms with Gasteiger partial charge in [0.25, 0.3) is 0 Å². The van der Waals surface area contributed by atoms with E-state index in [1.165, 1.54) is 12.4 Å². The van der Waals surface area contributed by atoms with E-state index in [0.29, 0.717) is 34.9 Å². The summed E-state index contributed by atoms with van der Waals surface area (Å²) in [5.74, 6) is -0.971. The van der Waals surface area contributed by atoms with E-state index in [1.54, 1.807) is 24.4 Å². The summed E-state index contributed by atoms with van der Waals surface area (Å²) in [6, 6.07) is 7.32. The number of ketones is 1. The molecule has 0 aliphatic heterocycles.